The average Bonchev–Trinajstić information content (AvgIpc) is 2.62. The van der Waals surface area contributed by atoms with Gasteiger partial charge in [-0.1, -0.05) is 22.0 Å². The first-order valence-electron chi connectivity index (χ1n) is 3.54. The standard InChI is InChI=1S/C8H8BrNO2S/c1-12-8(11)6-5-10-7(13-6)3-2-4-9/h2-3,5H,4H2,1H3. The number of aromatic nitrogens is 1. The van der Waals surface area contributed by atoms with E-state index >= 15 is 0 Å². The molecule has 0 spiro atoms. The minimum Gasteiger partial charge on any atom is -0.465 e. The lowest BCUT2D eigenvalue weighted by atomic mass is 10.5. The lowest BCUT2D eigenvalue weighted by Crippen LogP contribution is -1.96. The minimum absolute atomic E-state index is 0.337. The Bertz CT molecular complexity index is 322. The van der Waals surface area contributed by atoms with Crippen LogP contribution >= 0.6 is 27.3 Å². The van der Waals surface area contributed by atoms with E-state index in [9.17, 15) is 4.79 Å². The maximum absolute atomic E-state index is 11.0. The Morgan fingerprint density at radius 3 is 3.23 bits per heavy atom. The van der Waals surface area contributed by atoms with Gasteiger partial charge in [0.2, 0.25) is 0 Å². The summed E-state index contributed by atoms with van der Waals surface area (Å²) < 4.78 is 4.55. The highest BCUT2D eigenvalue weighted by Crippen LogP contribution is 2.15. The Morgan fingerprint density at radius 2 is 2.62 bits per heavy atom. The Kier molecular flexibility index (Phi) is 4.11. The third-order valence-corrected chi connectivity index (χ3v) is 2.58. The molecular weight excluding hydrogens is 254 g/mol. The summed E-state index contributed by atoms with van der Waals surface area (Å²) >= 11 is 4.57. The number of carbonyl (C=O) groups is 1. The van der Waals surface area contributed by atoms with Crippen LogP contribution in [0.15, 0.2) is 12.3 Å². The van der Waals surface area contributed by atoms with Crippen LogP contribution in [0.5, 0.6) is 0 Å². The van der Waals surface area contributed by atoms with Crippen LogP contribution in [-0.4, -0.2) is 23.4 Å². The van der Waals surface area contributed by atoms with E-state index in [1.165, 1.54) is 24.6 Å². The van der Waals surface area contributed by atoms with E-state index in [0.29, 0.717) is 4.88 Å². The molecule has 0 amide bonds. The van der Waals surface area contributed by atoms with E-state index < -0.39 is 0 Å². The summed E-state index contributed by atoms with van der Waals surface area (Å²) in [5, 5.41) is 1.58. The van der Waals surface area contributed by atoms with E-state index in [2.05, 4.69) is 25.7 Å². The van der Waals surface area contributed by atoms with Crippen LogP contribution in [0.25, 0.3) is 6.08 Å². The maximum atomic E-state index is 11.0. The number of ether oxygens (including phenoxy) is 1. The second-order valence-electron chi connectivity index (χ2n) is 2.11. The predicted octanol–water partition coefficient (Wildman–Crippen LogP) is 2.34. The monoisotopic (exact) mass is 261 g/mol. The van der Waals surface area contributed by atoms with Gasteiger partial charge in [-0.05, 0) is 6.08 Å². The molecule has 0 unspecified atom stereocenters. The topological polar surface area (TPSA) is 39.2 Å². The van der Waals surface area contributed by atoms with E-state index in [1.54, 1.807) is 0 Å². The van der Waals surface area contributed by atoms with Crippen molar-refractivity contribution >= 4 is 39.3 Å². The number of hydrogen-bond donors (Lipinski definition) is 0. The van der Waals surface area contributed by atoms with Gasteiger partial charge in [0.05, 0.1) is 13.3 Å². The molecule has 0 aliphatic heterocycles. The lowest BCUT2D eigenvalue weighted by Gasteiger charge is -1.89. The summed E-state index contributed by atoms with van der Waals surface area (Å²) in [6.07, 6.45) is 5.29. The van der Waals surface area contributed by atoms with Gasteiger partial charge < -0.3 is 4.74 Å². The van der Waals surface area contributed by atoms with Crippen LogP contribution < -0.4 is 0 Å². The fourth-order valence-electron chi connectivity index (χ4n) is 0.705. The molecule has 3 nitrogen and oxygen atoms in total. The van der Waals surface area contributed by atoms with Crippen LogP contribution in [0.3, 0.4) is 0 Å². The summed E-state index contributed by atoms with van der Waals surface area (Å²) in [5.74, 6) is -0.337. The number of nitrogens with zero attached hydrogens (tertiary/aromatic N) is 1. The second kappa shape index (κ2) is 5.14. The van der Waals surface area contributed by atoms with Crippen molar-refractivity contribution < 1.29 is 9.53 Å². The van der Waals surface area contributed by atoms with Crippen LogP contribution in [0.2, 0.25) is 0 Å². The van der Waals surface area contributed by atoms with Crippen LogP contribution in [0, 0.1) is 0 Å². The largest absolute Gasteiger partial charge is 0.465 e. The molecule has 1 aromatic heterocycles. The fraction of sp³-hybridized carbons (Fsp3) is 0.250. The molecule has 1 heterocycles. The number of halogens is 1. The molecule has 1 aromatic rings. The molecule has 0 aliphatic carbocycles. The quantitative estimate of drug-likeness (QED) is 0.620. The van der Waals surface area contributed by atoms with Gasteiger partial charge in [-0.3, -0.25) is 0 Å². The molecule has 5 heteroatoms. The van der Waals surface area contributed by atoms with Gasteiger partial charge in [0, 0.05) is 5.33 Å². The highest BCUT2D eigenvalue weighted by atomic mass is 79.9. The molecule has 0 radical (unpaired) electrons. The fourth-order valence-corrected chi connectivity index (χ4v) is 1.66. The van der Waals surface area contributed by atoms with Gasteiger partial charge in [-0.15, -0.1) is 11.3 Å². The number of hydrogen-bond acceptors (Lipinski definition) is 4. The molecule has 13 heavy (non-hydrogen) atoms. The van der Waals surface area contributed by atoms with Crippen molar-refractivity contribution in [2.75, 3.05) is 12.4 Å². The molecule has 0 bridgehead atoms. The summed E-state index contributed by atoms with van der Waals surface area (Å²) in [7, 11) is 1.36. The van der Waals surface area contributed by atoms with Crippen LogP contribution in [0.1, 0.15) is 14.7 Å². The number of thiazole rings is 1. The third-order valence-electron chi connectivity index (χ3n) is 1.26. The molecule has 0 N–H and O–H groups in total. The van der Waals surface area contributed by atoms with Gasteiger partial charge >= 0.3 is 5.97 Å². The number of rotatable bonds is 3. The van der Waals surface area contributed by atoms with Crippen LogP contribution in [-0.2, 0) is 4.74 Å². The third kappa shape index (κ3) is 2.93. The molecular formula is C8H8BrNO2S. The van der Waals surface area contributed by atoms with Gasteiger partial charge in [-0.25, -0.2) is 9.78 Å². The first kappa shape index (κ1) is 10.4. The molecule has 0 saturated carbocycles. The Labute approximate surface area is 88.6 Å². The van der Waals surface area contributed by atoms with E-state index in [1.807, 2.05) is 12.2 Å². The highest BCUT2D eigenvalue weighted by molar-refractivity contribution is 9.09. The van der Waals surface area contributed by atoms with Gasteiger partial charge in [0.25, 0.3) is 0 Å². The smallest absolute Gasteiger partial charge is 0.349 e. The van der Waals surface area contributed by atoms with Crippen molar-refractivity contribution in [3.05, 3.63) is 22.2 Å². The van der Waals surface area contributed by atoms with Crippen molar-refractivity contribution in [2.24, 2.45) is 0 Å². The number of esters is 1. The summed E-state index contributed by atoms with van der Waals surface area (Å²) in [6, 6.07) is 0. The van der Waals surface area contributed by atoms with Gasteiger partial charge in [-0.2, -0.15) is 0 Å². The average molecular weight is 262 g/mol. The van der Waals surface area contributed by atoms with Crippen LogP contribution in [0.4, 0.5) is 0 Å². The molecule has 70 valence electrons. The van der Waals surface area contributed by atoms with E-state index in [4.69, 9.17) is 0 Å². The van der Waals surface area contributed by atoms with Crippen molar-refractivity contribution in [3.8, 4) is 0 Å². The van der Waals surface area contributed by atoms with Crippen molar-refractivity contribution in [3.63, 3.8) is 0 Å². The normalized spacial score (nSPS) is 10.6. The zero-order valence-electron chi connectivity index (χ0n) is 6.99. The molecule has 0 fully saturated rings. The Hall–Kier alpha value is -0.680. The zero-order chi connectivity index (χ0) is 9.68. The summed E-state index contributed by atoms with van der Waals surface area (Å²) in [4.78, 5) is 15.6. The molecule has 0 atom stereocenters. The number of methoxy groups -OCH3 is 1. The first-order chi connectivity index (χ1) is 6.27. The first-order valence-corrected chi connectivity index (χ1v) is 5.48. The molecule has 0 saturated heterocycles. The van der Waals surface area contributed by atoms with E-state index in [-0.39, 0.29) is 5.97 Å². The maximum Gasteiger partial charge on any atom is 0.349 e. The van der Waals surface area contributed by atoms with Gasteiger partial charge in [0.1, 0.15) is 9.88 Å². The van der Waals surface area contributed by atoms with E-state index in [0.717, 1.165) is 10.3 Å². The number of alkyl halides is 1. The summed E-state index contributed by atoms with van der Waals surface area (Å²) in [5.41, 5.74) is 0. The number of carbonyl (C=O) groups excluding carboxylic acids is 1. The molecule has 1 rings (SSSR count). The molecule has 0 aliphatic rings. The van der Waals surface area contributed by atoms with Gasteiger partial charge in [0.15, 0.2) is 0 Å². The number of allylic oxidation sites excluding steroid dienone is 1. The Morgan fingerprint density at radius 1 is 1.85 bits per heavy atom. The minimum atomic E-state index is -0.337. The zero-order valence-corrected chi connectivity index (χ0v) is 9.39. The lowest BCUT2D eigenvalue weighted by molar-refractivity contribution is 0.0606. The second-order valence-corrected chi connectivity index (χ2v) is 3.82. The van der Waals surface area contributed by atoms with Crippen molar-refractivity contribution in [1.29, 1.82) is 0 Å². The predicted molar refractivity (Wildman–Crippen MR) is 56.3 cm³/mol. The summed E-state index contributed by atoms with van der Waals surface area (Å²) in [6.45, 7) is 0. The highest BCUT2D eigenvalue weighted by Gasteiger charge is 2.08. The Balaban J connectivity index is 2.74. The van der Waals surface area contributed by atoms with Crippen molar-refractivity contribution in [2.45, 2.75) is 0 Å². The molecule has 0 aromatic carbocycles. The van der Waals surface area contributed by atoms with Crippen molar-refractivity contribution in [1.82, 2.24) is 4.98 Å². The SMILES string of the molecule is COC(=O)c1cnc(C=CCBr)s1.